The molecule has 0 unspecified atom stereocenters. The lowest BCUT2D eigenvalue weighted by Gasteiger charge is -2.24. The van der Waals surface area contributed by atoms with E-state index in [-0.39, 0.29) is 6.10 Å². The maximum absolute atomic E-state index is 6.48. The number of aryl methyl sites for hydroxylation is 1. The SMILES string of the molecule is Cc1nc(/C(N)=C(\CNc2cnn(CC3CCC3)n2)N(C)N)ccc1OC1CCCCC1. The summed E-state index contributed by atoms with van der Waals surface area (Å²) >= 11 is 0. The van der Waals surface area contributed by atoms with Gasteiger partial charge in [-0.3, -0.25) is 0 Å². The van der Waals surface area contributed by atoms with E-state index in [1.54, 1.807) is 18.0 Å². The van der Waals surface area contributed by atoms with Gasteiger partial charge in [0.15, 0.2) is 5.82 Å². The molecule has 0 bridgehead atoms. The van der Waals surface area contributed by atoms with Crippen LogP contribution in [-0.4, -0.2) is 44.7 Å². The molecule has 0 saturated heterocycles. The van der Waals surface area contributed by atoms with Gasteiger partial charge in [0.05, 0.1) is 48.2 Å². The lowest BCUT2D eigenvalue weighted by molar-refractivity contribution is 0.153. The smallest absolute Gasteiger partial charge is 0.168 e. The van der Waals surface area contributed by atoms with Crippen LogP contribution in [0, 0.1) is 12.8 Å². The molecule has 32 heavy (non-hydrogen) atoms. The average molecular weight is 441 g/mol. The van der Waals surface area contributed by atoms with Gasteiger partial charge in [-0.2, -0.15) is 9.90 Å². The van der Waals surface area contributed by atoms with Crippen LogP contribution in [0.3, 0.4) is 0 Å². The fraction of sp³-hybridized carbons (Fsp3) is 0.609. The standard InChI is InChI=1S/C23H36N8O/c1-16-21(32-18-9-4-3-5-10-18)12-11-19(28-16)23(24)20(30(2)25)13-26-22-14-27-31(29-22)15-17-7-6-8-17/h11-12,14,17-18H,3-10,13,15,24-25H2,1-2H3,(H,26,29)/b23-20-. The van der Waals surface area contributed by atoms with E-state index in [0.29, 0.717) is 29.7 Å². The van der Waals surface area contributed by atoms with Crippen molar-refractivity contribution in [1.82, 2.24) is 25.0 Å². The quantitative estimate of drug-likeness (QED) is 0.402. The van der Waals surface area contributed by atoms with Crippen molar-refractivity contribution in [3.63, 3.8) is 0 Å². The third kappa shape index (κ3) is 5.51. The van der Waals surface area contributed by atoms with Crippen LogP contribution in [0.5, 0.6) is 5.75 Å². The number of nitrogens with one attached hydrogen (secondary N) is 1. The second-order valence-corrected chi connectivity index (χ2v) is 9.06. The van der Waals surface area contributed by atoms with E-state index < -0.39 is 0 Å². The van der Waals surface area contributed by atoms with Crippen molar-refractivity contribution in [2.24, 2.45) is 17.5 Å². The number of nitrogens with zero attached hydrogens (tertiary/aromatic N) is 5. The summed E-state index contributed by atoms with van der Waals surface area (Å²) in [5, 5.41) is 13.7. The molecule has 0 atom stereocenters. The summed E-state index contributed by atoms with van der Waals surface area (Å²) < 4.78 is 6.19. The molecule has 2 aliphatic rings. The van der Waals surface area contributed by atoms with Crippen LogP contribution >= 0.6 is 0 Å². The van der Waals surface area contributed by atoms with E-state index in [0.717, 1.165) is 36.5 Å². The van der Waals surface area contributed by atoms with Crippen molar-refractivity contribution in [2.75, 3.05) is 18.9 Å². The first-order chi connectivity index (χ1) is 15.5. The van der Waals surface area contributed by atoms with Crippen molar-refractivity contribution in [2.45, 2.75) is 70.9 Å². The Hall–Kier alpha value is -2.81. The molecule has 9 nitrogen and oxygen atoms in total. The largest absolute Gasteiger partial charge is 0.489 e. The number of hydrazine groups is 1. The summed E-state index contributed by atoms with van der Waals surface area (Å²) in [6.45, 7) is 3.25. The molecular weight excluding hydrogens is 404 g/mol. The fourth-order valence-corrected chi connectivity index (χ4v) is 4.29. The topological polar surface area (TPSA) is 120 Å². The van der Waals surface area contributed by atoms with Gasteiger partial charge in [0.2, 0.25) is 0 Å². The van der Waals surface area contributed by atoms with E-state index in [1.807, 2.05) is 19.1 Å². The van der Waals surface area contributed by atoms with E-state index in [4.69, 9.17) is 21.3 Å². The summed E-state index contributed by atoms with van der Waals surface area (Å²) in [6.07, 6.45) is 11.9. The molecule has 2 heterocycles. The molecule has 2 aromatic heterocycles. The highest BCUT2D eigenvalue weighted by molar-refractivity contribution is 5.64. The van der Waals surface area contributed by atoms with Crippen molar-refractivity contribution in [3.05, 3.63) is 35.4 Å². The minimum atomic E-state index is 0.288. The Morgan fingerprint density at radius 1 is 1.19 bits per heavy atom. The second-order valence-electron chi connectivity index (χ2n) is 9.06. The van der Waals surface area contributed by atoms with Crippen LogP contribution in [0.1, 0.15) is 62.8 Å². The van der Waals surface area contributed by atoms with Gasteiger partial charge in [0.25, 0.3) is 0 Å². The number of aromatic nitrogens is 4. The van der Waals surface area contributed by atoms with Gasteiger partial charge in [-0.15, -0.1) is 5.10 Å². The molecule has 2 fully saturated rings. The number of hydrogen-bond acceptors (Lipinski definition) is 8. The lowest BCUT2D eigenvalue weighted by atomic mass is 9.86. The normalized spacial score (nSPS) is 18.1. The van der Waals surface area contributed by atoms with Gasteiger partial charge in [0, 0.05) is 7.05 Å². The molecular formula is C23H36N8O. The van der Waals surface area contributed by atoms with Crippen molar-refractivity contribution >= 4 is 11.5 Å². The third-order valence-electron chi connectivity index (χ3n) is 6.52. The summed E-state index contributed by atoms with van der Waals surface area (Å²) in [6, 6.07) is 3.87. The van der Waals surface area contributed by atoms with E-state index in [1.165, 1.54) is 43.5 Å². The zero-order valence-corrected chi connectivity index (χ0v) is 19.3. The summed E-state index contributed by atoms with van der Waals surface area (Å²) in [5.41, 5.74) is 9.25. The van der Waals surface area contributed by atoms with Gasteiger partial charge < -0.3 is 20.8 Å². The molecule has 2 saturated carbocycles. The Bertz CT molecular complexity index is 928. The number of likely N-dealkylation sites (N-methyl/N-ethyl adjacent to an activating group) is 1. The number of hydrogen-bond donors (Lipinski definition) is 3. The molecule has 5 N–H and O–H groups in total. The monoisotopic (exact) mass is 440 g/mol. The molecule has 0 radical (unpaired) electrons. The lowest BCUT2D eigenvalue weighted by Crippen LogP contribution is -2.32. The highest BCUT2D eigenvalue weighted by atomic mass is 16.5. The molecule has 0 spiro atoms. The Morgan fingerprint density at radius 2 is 1.97 bits per heavy atom. The first kappa shape index (κ1) is 22.4. The molecule has 2 aliphatic carbocycles. The first-order valence-corrected chi connectivity index (χ1v) is 11.8. The van der Waals surface area contributed by atoms with Crippen LogP contribution in [-0.2, 0) is 6.54 Å². The summed E-state index contributed by atoms with van der Waals surface area (Å²) in [4.78, 5) is 6.46. The van der Waals surface area contributed by atoms with Gasteiger partial charge in [-0.05, 0) is 63.5 Å². The van der Waals surface area contributed by atoms with Gasteiger partial charge in [-0.25, -0.2) is 10.8 Å². The molecule has 2 aromatic rings. The van der Waals surface area contributed by atoms with Crippen LogP contribution in [0.15, 0.2) is 24.0 Å². The number of anilines is 1. The maximum Gasteiger partial charge on any atom is 0.168 e. The molecule has 0 aromatic carbocycles. The number of pyridine rings is 1. The molecule has 0 amide bonds. The van der Waals surface area contributed by atoms with E-state index >= 15 is 0 Å². The maximum atomic E-state index is 6.48. The highest BCUT2D eigenvalue weighted by Crippen LogP contribution is 2.28. The fourth-order valence-electron chi connectivity index (χ4n) is 4.29. The van der Waals surface area contributed by atoms with Crippen LogP contribution in [0.2, 0.25) is 0 Å². The van der Waals surface area contributed by atoms with Crippen molar-refractivity contribution in [1.29, 1.82) is 0 Å². The number of ether oxygens (including phenoxy) is 1. The van der Waals surface area contributed by atoms with E-state index in [2.05, 4.69) is 15.5 Å². The van der Waals surface area contributed by atoms with Crippen LogP contribution in [0.25, 0.3) is 5.70 Å². The predicted molar refractivity (Wildman–Crippen MR) is 125 cm³/mol. The second kappa shape index (κ2) is 10.2. The third-order valence-corrected chi connectivity index (χ3v) is 6.52. The van der Waals surface area contributed by atoms with Crippen LogP contribution in [0.4, 0.5) is 5.82 Å². The van der Waals surface area contributed by atoms with E-state index in [9.17, 15) is 0 Å². The minimum absolute atomic E-state index is 0.288. The Morgan fingerprint density at radius 3 is 2.62 bits per heavy atom. The predicted octanol–water partition coefficient (Wildman–Crippen LogP) is 3.04. The van der Waals surface area contributed by atoms with Crippen LogP contribution < -0.4 is 21.6 Å². The van der Waals surface area contributed by atoms with Gasteiger partial charge in [-0.1, -0.05) is 12.8 Å². The molecule has 0 aliphatic heterocycles. The molecule has 4 rings (SSSR count). The zero-order valence-electron chi connectivity index (χ0n) is 19.3. The first-order valence-electron chi connectivity index (χ1n) is 11.8. The summed E-state index contributed by atoms with van der Waals surface area (Å²) in [5.74, 6) is 8.33. The van der Waals surface area contributed by atoms with Gasteiger partial charge in [0.1, 0.15) is 5.75 Å². The molecule has 9 heteroatoms. The van der Waals surface area contributed by atoms with Crippen molar-refractivity contribution < 1.29 is 4.74 Å². The van der Waals surface area contributed by atoms with Gasteiger partial charge >= 0.3 is 0 Å². The Kier molecular flexibility index (Phi) is 7.14. The Balaban J connectivity index is 1.42. The summed E-state index contributed by atoms with van der Waals surface area (Å²) in [7, 11) is 1.77. The number of rotatable bonds is 9. The zero-order chi connectivity index (χ0) is 22.5. The molecule has 174 valence electrons. The Labute approximate surface area is 190 Å². The minimum Gasteiger partial charge on any atom is -0.489 e. The van der Waals surface area contributed by atoms with Crippen molar-refractivity contribution in [3.8, 4) is 5.75 Å². The highest BCUT2D eigenvalue weighted by Gasteiger charge is 2.20. The number of nitrogens with two attached hydrogens (primary N) is 2. The average Bonchev–Trinajstić information content (AvgIpc) is 3.20.